The predicted molar refractivity (Wildman–Crippen MR) is 186 cm³/mol. The van der Waals surface area contributed by atoms with Crippen molar-refractivity contribution in [1.29, 1.82) is 0 Å². The van der Waals surface area contributed by atoms with Crippen molar-refractivity contribution in [2.24, 2.45) is 0 Å². The van der Waals surface area contributed by atoms with Gasteiger partial charge in [-0.25, -0.2) is 4.85 Å². The third-order valence-electron chi connectivity index (χ3n) is 9.28. The maximum absolute atomic E-state index is 15.1. The fraction of sp³-hybridized carbons (Fsp3) is 0.0976. The van der Waals surface area contributed by atoms with Gasteiger partial charge in [0.15, 0.2) is 5.69 Å². The highest BCUT2D eigenvalue weighted by atomic mass is 19.4. The maximum Gasteiger partial charge on any atom is 0.416 e. The number of hydrogen-bond donors (Lipinski definition) is 0. The van der Waals surface area contributed by atoms with E-state index < -0.39 is 29.0 Å². The highest BCUT2D eigenvalue weighted by Crippen LogP contribution is 2.50. The highest BCUT2D eigenvalue weighted by molar-refractivity contribution is 6.12. The number of fused-ring (bicyclic) bond motifs is 6. The third kappa shape index (κ3) is 4.74. The van der Waals surface area contributed by atoms with Gasteiger partial charge in [-0.15, -0.1) is 0 Å². The first kappa shape index (κ1) is 31.3. The molecule has 50 heavy (non-hydrogen) atoms. The third-order valence-corrected chi connectivity index (χ3v) is 9.28. The van der Waals surface area contributed by atoms with Crippen LogP contribution in [0.3, 0.4) is 0 Å². The van der Waals surface area contributed by atoms with E-state index in [2.05, 4.69) is 4.85 Å². The van der Waals surface area contributed by atoms with Crippen LogP contribution < -0.4 is 0 Å². The van der Waals surface area contributed by atoms with Gasteiger partial charge in [0.2, 0.25) is 0 Å². The van der Waals surface area contributed by atoms with Crippen LogP contribution in [0.1, 0.15) is 22.3 Å². The quantitative estimate of drug-likeness (QED) is 0.131. The Balaban J connectivity index is 1.69. The molecule has 0 fully saturated rings. The monoisotopic (exact) mass is 673 g/mol. The van der Waals surface area contributed by atoms with Crippen molar-refractivity contribution in [3.05, 3.63) is 149 Å². The van der Waals surface area contributed by atoms with Gasteiger partial charge >= 0.3 is 12.4 Å². The Morgan fingerprint density at radius 3 is 1.44 bits per heavy atom. The van der Waals surface area contributed by atoms with E-state index in [4.69, 9.17) is 6.57 Å². The molecule has 0 radical (unpaired) electrons. The molecule has 2 aromatic heterocycles. The predicted octanol–water partition coefficient (Wildman–Crippen LogP) is 12.8. The van der Waals surface area contributed by atoms with Crippen LogP contribution >= 0.6 is 0 Å². The molecule has 0 spiro atoms. The van der Waals surface area contributed by atoms with E-state index in [1.165, 1.54) is 6.07 Å². The molecule has 0 unspecified atom stereocenters. The van der Waals surface area contributed by atoms with Gasteiger partial charge < -0.3 is 9.13 Å². The Labute approximate surface area is 282 Å². The molecule has 0 atom stereocenters. The zero-order chi connectivity index (χ0) is 35.1. The molecule has 8 aromatic rings. The van der Waals surface area contributed by atoms with Gasteiger partial charge in [0.05, 0.1) is 51.1 Å². The van der Waals surface area contributed by atoms with Gasteiger partial charge in [-0.1, -0.05) is 77.9 Å². The SMILES string of the molecule is [C-]#[N+]c1cccc(C(F)(F)F)c1-c1c(-n2c3ccccc3c3cc(C)ccc32)cc(C(F)(F)F)cc1-n1c2ccccc2c2cc(C)ccc21. The summed E-state index contributed by atoms with van der Waals surface area (Å²) >= 11 is 0. The number of aryl methyl sites for hydroxylation is 2. The van der Waals surface area contributed by atoms with Gasteiger partial charge in [-0.05, 0) is 62.4 Å². The lowest BCUT2D eigenvalue weighted by molar-refractivity contribution is -0.138. The number of hydrogen-bond acceptors (Lipinski definition) is 0. The van der Waals surface area contributed by atoms with E-state index in [1.807, 2.05) is 62.4 Å². The van der Waals surface area contributed by atoms with E-state index in [0.717, 1.165) is 56.9 Å². The average molecular weight is 674 g/mol. The number of alkyl halides is 6. The molecule has 3 nitrogen and oxygen atoms in total. The van der Waals surface area contributed by atoms with Crippen molar-refractivity contribution in [1.82, 2.24) is 9.13 Å². The summed E-state index contributed by atoms with van der Waals surface area (Å²) < 4.78 is 93.7. The highest BCUT2D eigenvalue weighted by Gasteiger charge is 2.39. The average Bonchev–Trinajstić information content (AvgIpc) is 3.58. The van der Waals surface area contributed by atoms with E-state index in [0.29, 0.717) is 22.1 Å². The molecule has 0 N–H and O–H groups in total. The zero-order valence-electron chi connectivity index (χ0n) is 26.6. The Kier molecular flexibility index (Phi) is 6.88. The normalized spacial score (nSPS) is 12.4. The molecular weight excluding hydrogens is 648 g/mol. The molecule has 0 aliphatic rings. The topological polar surface area (TPSA) is 14.2 Å². The minimum atomic E-state index is -4.94. The summed E-state index contributed by atoms with van der Waals surface area (Å²) in [6.45, 7) is 11.8. The Morgan fingerprint density at radius 1 is 0.500 bits per heavy atom. The Hall–Kier alpha value is -6.01. The van der Waals surface area contributed by atoms with Crippen LogP contribution in [-0.4, -0.2) is 9.13 Å². The minimum absolute atomic E-state index is 0.135. The number of benzene rings is 6. The molecule has 0 amide bonds. The largest absolute Gasteiger partial charge is 0.416 e. The summed E-state index contributed by atoms with van der Waals surface area (Å²) in [5.41, 5.74) is 0.421. The summed E-state index contributed by atoms with van der Waals surface area (Å²) in [7, 11) is 0. The van der Waals surface area contributed by atoms with Gasteiger partial charge in [0.1, 0.15) is 0 Å². The van der Waals surface area contributed by atoms with Gasteiger partial charge in [-0.2, -0.15) is 26.3 Å². The molecule has 0 aliphatic carbocycles. The summed E-state index contributed by atoms with van der Waals surface area (Å²) in [4.78, 5) is 3.52. The van der Waals surface area contributed by atoms with Crippen LogP contribution in [0.2, 0.25) is 0 Å². The van der Waals surface area contributed by atoms with Crippen molar-refractivity contribution in [3.63, 3.8) is 0 Å². The molecule has 9 heteroatoms. The minimum Gasteiger partial charge on any atom is -0.309 e. The molecule has 0 saturated carbocycles. The smallest absolute Gasteiger partial charge is 0.309 e. The van der Waals surface area contributed by atoms with Crippen molar-refractivity contribution in [2.45, 2.75) is 26.2 Å². The lowest BCUT2D eigenvalue weighted by atomic mass is 9.92. The van der Waals surface area contributed by atoms with E-state index in [9.17, 15) is 0 Å². The van der Waals surface area contributed by atoms with Crippen LogP contribution in [0.5, 0.6) is 0 Å². The first-order valence-electron chi connectivity index (χ1n) is 15.7. The second kappa shape index (κ2) is 11.0. The first-order valence-corrected chi connectivity index (χ1v) is 15.7. The van der Waals surface area contributed by atoms with Gasteiger partial charge in [-0.3, -0.25) is 0 Å². The number of halogens is 6. The van der Waals surface area contributed by atoms with Crippen LogP contribution in [0, 0.1) is 20.4 Å². The van der Waals surface area contributed by atoms with Crippen molar-refractivity contribution in [3.8, 4) is 22.5 Å². The fourth-order valence-electron chi connectivity index (χ4n) is 7.21. The molecule has 8 rings (SSSR count). The van der Waals surface area contributed by atoms with Gasteiger partial charge in [0, 0.05) is 32.7 Å². The Bertz CT molecular complexity index is 2580. The maximum atomic E-state index is 15.1. The molecule has 6 aromatic carbocycles. The van der Waals surface area contributed by atoms with Crippen LogP contribution in [0.25, 0.3) is 71.0 Å². The Morgan fingerprint density at radius 2 is 0.980 bits per heavy atom. The second-order valence-corrected chi connectivity index (χ2v) is 12.4. The fourth-order valence-corrected chi connectivity index (χ4v) is 7.21. The van der Waals surface area contributed by atoms with E-state index >= 15 is 26.3 Å². The molecule has 0 saturated heterocycles. The lowest BCUT2D eigenvalue weighted by Crippen LogP contribution is -2.13. The molecule has 0 aliphatic heterocycles. The molecule has 2 heterocycles. The summed E-state index contributed by atoms with van der Waals surface area (Å²) in [5, 5.41) is 2.90. The summed E-state index contributed by atoms with van der Waals surface area (Å²) in [6, 6.07) is 30.3. The number of rotatable bonds is 3. The molecule has 0 bridgehead atoms. The first-order chi connectivity index (χ1) is 23.9. The van der Waals surface area contributed by atoms with Crippen molar-refractivity contribution in [2.75, 3.05) is 0 Å². The lowest BCUT2D eigenvalue weighted by Gasteiger charge is -2.25. The summed E-state index contributed by atoms with van der Waals surface area (Å²) in [5.74, 6) is 0. The molecule has 246 valence electrons. The second-order valence-electron chi connectivity index (χ2n) is 12.4. The van der Waals surface area contributed by atoms with Crippen LogP contribution in [-0.2, 0) is 12.4 Å². The van der Waals surface area contributed by atoms with Crippen LogP contribution in [0.4, 0.5) is 32.0 Å². The number of nitrogens with zero attached hydrogens (tertiary/aromatic N) is 3. The van der Waals surface area contributed by atoms with E-state index in [1.54, 1.807) is 45.5 Å². The van der Waals surface area contributed by atoms with Crippen LogP contribution in [0.15, 0.2) is 115 Å². The van der Waals surface area contributed by atoms with E-state index in [-0.39, 0.29) is 22.6 Å². The number of para-hydroxylation sites is 2. The van der Waals surface area contributed by atoms with Crippen molar-refractivity contribution >= 4 is 49.3 Å². The standard InChI is InChI=1S/C41H25F6N3/c1-23-15-17-34-28(19-23)26-9-4-6-13-32(26)49(34)36-21-25(40(42,43)44)22-37(39(36)38-30(41(45,46)47)11-8-12-31(38)48-3)50-33-14-7-5-10-27(33)29-20-24(2)16-18-35(29)50/h4-22H,1-2H3. The van der Waals surface area contributed by atoms with Gasteiger partial charge in [0.25, 0.3) is 0 Å². The van der Waals surface area contributed by atoms with Crippen molar-refractivity contribution < 1.29 is 26.3 Å². The number of aromatic nitrogens is 2. The molecular formula is C41H25F6N3. The zero-order valence-corrected chi connectivity index (χ0v) is 26.6. The summed E-state index contributed by atoms with van der Waals surface area (Å²) in [6.07, 6.45) is -9.82.